The largest absolute Gasteiger partial charge is 0.0623 e. The Morgan fingerprint density at radius 1 is 0.450 bits per heavy atom. The molecule has 0 fully saturated rings. The zero-order valence-corrected chi connectivity index (χ0v) is 12.1. The van der Waals surface area contributed by atoms with Crippen molar-refractivity contribution in [2.45, 2.75) is 13.8 Å². The van der Waals surface area contributed by atoms with E-state index in [-0.39, 0.29) is 0 Å². The summed E-state index contributed by atoms with van der Waals surface area (Å²) in [5.74, 6) is 0. The summed E-state index contributed by atoms with van der Waals surface area (Å²) in [5.41, 5.74) is 5.29. The Bertz CT molecular complexity index is 598. The Morgan fingerprint density at radius 3 is 1.45 bits per heavy atom. The second-order valence-electron chi connectivity index (χ2n) is 4.82. The van der Waals surface area contributed by atoms with Crippen molar-refractivity contribution in [2.75, 3.05) is 0 Å². The number of rotatable bonds is 1. The van der Waals surface area contributed by atoms with Gasteiger partial charge in [0.1, 0.15) is 0 Å². The lowest BCUT2D eigenvalue weighted by Gasteiger charge is -2.04. The molecular weight excluding hydrogens is 240 g/mol. The minimum Gasteiger partial charge on any atom is -0.0623 e. The molecule has 100 valence electrons. The fourth-order valence-electron chi connectivity index (χ4n) is 1.94. The molecule has 0 bridgehead atoms. The van der Waals surface area contributed by atoms with Crippen molar-refractivity contribution in [2.24, 2.45) is 0 Å². The van der Waals surface area contributed by atoms with Crippen molar-refractivity contribution in [1.82, 2.24) is 0 Å². The standard InChI is InChI=1S/C14H14.C6H6/c1-11-8-9-14(10-12(11)2)13-6-4-3-5-7-13;1-2-4-6-5-3-1/h3-10H,1-2H3;1-6H. The van der Waals surface area contributed by atoms with Gasteiger partial charge in [-0.2, -0.15) is 0 Å². The average Bonchev–Trinajstić information content (AvgIpc) is 2.53. The highest BCUT2D eigenvalue weighted by atomic mass is 14.0. The molecule has 0 N–H and O–H groups in total. The van der Waals surface area contributed by atoms with Gasteiger partial charge in [-0.1, -0.05) is 84.9 Å². The SMILES string of the molecule is Cc1ccc(-c2ccccc2)cc1C.c1ccccc1. The summed E-state index contributed by atoms with van der Waals surface area (Å²) in [7, 11) is 0. The van der Waals surface area contributed by atoms with E-state index in [1.165, 1.54) is 22.3 Å². The molecule has 0 nitrogen and oxygen atoms in total. The zero-order valence-electron chi connectivity index (χ0n) is 12.1. The summed E-state index contributed by atoms with van der Waals surface area (Å²) in [6, 6.07) is 29.1. The third-order valence-electron chi connectivity index (χ3n) is 3.28. The van der Waals surface area contributed by atoms with Gasteiger partial charge in [-0.3, -0.25) is 0 Å². The van der Waals surface area contributed by atoms with Crippen LogP contribution in [0.2, 0.25) is 0 Å². The molecule has 0 aromatic heterocycles. The van der Waals surface area contributed by atoms with Gasteiger partial charge in [0.2, 0.25) is 0 Å². The summed E-state index contributed by atoms with van der Waals surface area (Å²) in [4.78, 5) is 0. The van der Waals surface area contributed by atoms with Gasteiger partial charge in [0, 0.05) is 0 Å². The van der Waals surface area contributed by atoms with E-state index in [2.05, 4.69) is 56.3 Å². The lowest BCUT2D eigenvalue weighted by Crippen LogP contribution is -1.82. The number of hydrogen-bond acceptors (Lipinski definition) is 0. The molecule has 3 rings (SSSR count). The van der Waals surface area contributed by atoms with Crippen LogP contribution in [0.15, 0.2) is 84.9 Å². The Labute approximate surface area is 121 Å². The molecule has 0 amide bonds. The van der Waals surface area contributed by atoms with E-state index in [9.17, 15) is 0 Å². The molecule has 3 aromatic carbocycles. The molecule has 0 atom stereocenters. The van der Waals surface area contributed by atoms with E-state index in [1.54, 1.807) is 0 Å². The van der Waals surface area contributed by atoms with Crippen LogP contribution in [0.1, 0.15) is 11.1 Å². The maximum absolute atomic E-state index is 2.24. The molecule has 0 spiro atoms. The first-order valence-electron chi connectivity index (χ1n) is 6.90. The van der Waals surface area contributed by atoms with Crippen molar-refractivity contribution < 1.29 is 0 Å². The maximum atomic E-state index is 2.24. The van der Waals surface area contributed by atoms with Gasteiger partial charge in [0.15, 0.2) is 0 Å². The van der Waals surface area contributed by atoms with Crippen LogP contribution in [0.25, 0.3) is 11.1 Å². The van der Waals surface area contributed by atoms with Crippen molar-refractivity contribution in [3.63, 3.8) is 0 Å². The van der Waals surface area contributed by atoms with Crippen LogP contribution in [0, 0.1) is 13.8 Å². The lowest BCUT2D eigenvalue weighted by atomic mass is 10.0. The van der Waals surface area contributed by atoms with Crippen molar-refractivity contribution in [3.05, 3.63) is 96.1 Å². The Balaban J connectivity index is 0.000000205. The summed E-state index contributed by atoms with van der Waals surface area (Å²) in [6.07, 6.45) is 0. The highest BCUT2D eigenvalue weighted by Gasteiger charge is 1.97. The highest BCUT2D eigenvalue weighted by Crippen LogP contribution is 2.21. The number of hydrogen-bond donors (Lipinski definition) is 0. The van der Waals surface area contributed by atoms with Gasteiger partial charge in [-0.05, 0) is 36.1 Å². The van der Waals surface area contributed by atoms with Crippen LogP contribution < -0.4 is 0 Å². The van der Waals surface area contributed by atoms with E-state index in [4.69, 9.17) is 0 Å². The van der Waals surface area contributed by atoms with E-state index in [1.807, 2.05) is 42.5 Å². The number of benzene rings is 3. The van der Waals surface area contributed by atoms with E-state index in [0.717, 1.165) is 0 Å². The highest BCUT2D eigenvalue weighted by molar-refractivity contribution is 5.64. The monoisotopic (exact) mass is 260 g/mol. The first kappa shape index (κ1) is 14.1. The normalized spacial score (nSPS) is 9.50. The van der Waals surface area contributed by atoms with Crippen LogP contribution in [0.3, 0.4) is 0 Å². The van der Waals surface area contributed by atoms with Crippen LogP contribution in [0.4, 0.5) is 0 Å². The maximum Gasteiger partial charge on any atom is -0.0181 e. The molecule has 0 radical (unpaired) electrons. The Hall–Kier alpha value is -2.34. The Morgan fingerprint density at radius 2 is 0.950 bits per heavy atom. The fraction of sp³-hybridized carbons (Fsp3) is 0.100. The number of aryl methyl sites for hydroxylation is 2. The molecule has 0 saturated heterocycles. The van der Waals surface area contributed by atoms with Gasteiger partial charge in [-0.15, -0.1) is 0 Å². The second kappa shape index (κ2) is 7.30. The summed E-state index contributed by atoms with van der Waals surface area (Å²) < 4.78 is 0. The zero-order chi connectivity index (χ0) is 14.2. The quantitative estimate of drug-likeness (QED) is 0.530. The van der Waals surface area contributed by atoms with Crippen LogP contribution in [-0.4, -0.2) is 0 Å². The van der Waals surface area contributed by atoms with Crippen molar-refractivity contribution in [3.8, 4) is 11.1 Å². The summed E-state index contributed by atoms with van der Waals surface area (Å²) >= 11 is 0. The molecular formula is C20H20. The molecule has 0 heteroatoms. The first-order chi connectivity index (χ1) is 9.77. The minimum atomic E-state index is 1.29. The van der Waals surface area contributed by atoms with Crippen LogP contribution in [0.5, 0.6) is 0 Å². The van der Waals surface area contributed by atoms with Gasteiger partial charge in [-0.25, -0.2) is 0 Å². The average molecular weight is 260 g/mol. The molecule has 0 unspecified atom stereocenters. The molecule has 0 aliphatic carbocycles. The molecule has 0 aliphatic rings. The van der Waals surface area contributed by atoms with Crippen molar-refractivity contribution >= 4 is 0 Å². The van der Waals surface area contributed by atoms with E-state index < -0.39 is 0 Å². The molecule has 20 heavy (non-hydrogen) atoms. The second-order valence-corrected chi connectivity index (χ2v) is 4.82. The fourth-order valence-corrected chi connectivity index (χ4v) is 1.94. The molecule has 0 heterocycles. The van der Waals surface area contributed by atoms with Gasteiger partial charge >= 0.3 is 0 Å². The minimum absolute atomic E-state index is 1.29. The van der Waals surface area contributed by atoms with Gasteiger partial charge < -0.3 is 0 Å². The molecule has 3 aromatic rings. The van der Waals surface area contributed by atoms with Crippen LogP contribution >= 0.6 is 0 Å². The third-order valence-corrected chi connectivity index (χ3v) is 3.28. The smallest absolute Gasteiger partial charge is 0.0181 e. The van der Waals surface area contributed by atoms with Gasteiger partial charge in [0.05, 0.1) is 0 Å². The predicted octanol–water partition coefficient (Wildman–Crippen LogP) is 5.66. The van der Waals surface area contributed by atoms with E-state index in [0.29, 0.717) is 0 Å². The van der Waals surface area contributed by atoms with Crippen LogP contribution in [-0.2, 0) is 0 Å². The lowest BCUT2D eigenvalue weighted by molar-refractivity contribution is 1.34. The first-order valence-corrected chi connectivity index (χ1v) is 6.90. The third kappa shape index (κ3) is 4.10. The Kier molecular flexibility index (Phi) is 5.14. The summed E-state index contributed by atoms with van der Waals surface area (Å²) in [6.45, 7) is 4.30. The molecule has 0 saturated carbocycles. The van der Waals surface area contributed by atoms with E-state index >= 15 is 0 Å². The predicted molar refractivity (Wildman–Crippen MR) is 87.8 cm³/mol. The summed E-state index contributed by atoms with van der Waals surface area (Å²) in [5, 5.41) is 0. The van der Waals surface area contributed by atoms with Gasteiger partial charge in [0.25, 0.3) is 0 Å². The van der Waals surface area contributed by atoms with Crippen molar-refractivity contribution in [1.29, 1.82) is 0 Å². The molecule has 0 aliphatic heterocycles. The topological polar surface area (TPSA) is 0 Å².